The fraction of sp³-hybridized carbons (Fsp3) is 0.615. The summed E-state index contributed by atoms with van der Waals surface area (Å²) in [5.74, 6) is 0.0441. The van der Waals surface area contributed by atoms with E-state index in [4.69, 9.17) is 0 Å². The monoisotopic (exact) mass is 224 g/mol. The number of hydrogen-bond donors (Lipinski definition) is 1. The number of halogens is 1. The van der Waals surface area contributed by atoms with Crippen molar-refractivity contribution in [3.05, 3.63) is 29.8 Å². The van der Waals surface area contributed by atoms with E-state index in [1.165, 1.54) is 12.3 Å². The summed E-state index contributed by atoms with van der Waals surface area (Å²) in [4.78, 5) is 4.14. The van der Waals surface area contributed by atoms with Crippen LogP contribution in [0.5, 0.6) is 0 Å². The van der Waals surface area contributed by atoms with Crippen LogP contribution in [-0.2, 0) is 0 Å². The van der Waals surface area contributed by atoms with E-state index in [1.807, 2.05) is 0 Å². The lowest BCUT2D eigenvalue weighted by atomic mass is 9.95. The van der Waals surface area contributed by atoms with E-state index in [0.717, 1.165) is 25.1 Å². The van der Waals surface area contributed by atoms with Crippen molar-refractivity contribution in [1.29, 1.82) is 0 Å². The minimum atomic E-state index is -0.273. The third-order valence-electron chi connectivity index (χ3n) is 2.92. The van der Waals surface area contributed by atoms with Gasteiger partial charge < -0.3 is 5.32 Å². The van der Waals surface area contributed by atoms with Crippen LogP contribution in [0, 0.1) is 5.82 Å². The second kappa shape index (κ2) is 6.59. The van der Waals surface area contributed by atoms with Crippen molar-refractivity contribution in [1.82, 2.24) is 10.3 Å². The first-order chi connectivity index (χ1) is 7.69. The Labute approximate surface area is 97.3 Å². The Morgan fingerprint density at radius 2 is 2.12 bits per heavy atom. The van der Waals surface area contributed by atoms with Crippen molar-refractivity contribution in [2.45, 2.75) is 45.6 Å². The molecule has 0 aromatic carbocycles. The predicted molar refractivity (Wildman–Crippen MR) is 65.0 cm³/mol. The summed E-state index contributed by atoms with van der Waals surface area (Å²) >= 11 is 0. The van der Waals surface area contributed by atoms with Crippen molar-refractivity contribution >= 4 is 0 Å². The number of nitrogens with one attached hydrogen (secondary N) is 1. The SMILES string of the molecule is CCCNC(CC)C(C)c1ccc(F)cn1. The van der Waals surface area contributed by atoms with Gasteiger partial charge in [0.05, 0.1) is 6.20 Å². The lowest BCUT2D eigenvalue weighted by Crippen LogP contribution is -2.34. The third kappa shape index (κ3) is 3.56. The van der Waals surface area contributed by atoms with E-state index in [0.29, 0.717) is 12.0 Å². The Balaban J connectivity index is 2.66. The van der Waals surface area contributed by atoms with Crippen LogP contribution >= 0.6 is 0 Å². The molecule has 2 nitrogen and oxygen atoms in total. The van der Waals surface area contributed by atoms with Gasteiger partial charge in [-0.1, -0.05) is 20.8 Å². The minimum absolute atomic E-state index is 0.273. The van der Waals surface area contributed by atoms with E-state index < -0.39 is 0 Å². The fourth-order valence-corrected chi connectivity index (χ4v) is 1.87. The number of pyridine rings is 1. The molecule has 0 aliphatic heterocycles. The van der Waals surface area contributed by atoms with Crippen molar-refractivity contribution in [3.8, 4) is 0 Å². The van der Waals surface area contributed by atoms with E-state index in [2.05, 4.69) is 31.1 Å². The number of rotatable bonds is 6. The minimum Gasteiger partial charge on any atom is -0.313 e. The summed E-state index contributed by atoms with van der Waals surface area (Å²) in [6.45, 7) is 7.47. The smallest absolute Gasteiger partial charge is 0.141 e. The van der Waals surface area contributed by atoms with Gasteiger partial charge in [-0.25, -0.2) is 4.39 Å². The van der Waals surface area contributed by atoms with Crippen molar-refractivity contribution in [3.63, 3.8) is 0 Å². The summed E-state index contributed by atoms with van der Waals surface area (Å²) < 4.78 is 12.8. The van der Waals surface area contributed by atoms with Gasteiger partial charge in [-0.15, -0.1) is 0 Å². The molecule has 2 atom stereocenters. The molecule has 0 saturated heterocycles. The average Bonchev–Trinajstić information content (AvgIpc) is 2.30. The van der Waals surface area contributed by atoms with Crippen LogP contribution in [0.4, 0.5) is 4.39 Å². The lowest BCUT2D eigenvalue weighted by molar-refractivity contribution is 0.432. The van der Waals surface area contributed by atoms with Crippen LogP contribution in [0.15, 0.2) is 18.3 Å². The van der Waals surface area contributed by atoms with Gasteiger partial charge >= 0.3 is 0 Å². The van der Waals surface area contributed by atoms with Gasteiger partial charge in [0, 0.05) is 17.7 Å². The molecule has 3 heteroatoms. The first kappa shape index (κ1) is 13.1. The van der Waals surface area contributed by atoms with Gasteiger partial charge in [-0.2, -0.15) is 0 Å². The summed E-state index contributed by atoms with van der Waals surface area (Å²) in [7, 11) is 0. The second-order valence-electron chi connectivity index (χ2n) is 4.16. The van der Waals surface area contributed by atoms with Gasteiger partial charge in [0.1, 0.15) is 5.82 Å². The van der Waals surface area contributed by atoms with Crippen LogP contribution < -0.4 is 5.32 Å². The standard InChI is InChI=1S/C13H21FN2/c1-4-8-15-12(5-2)10(3)13-7-6-11(14)9-16-13/h6-7,9-10,12,15H,4-5,8H2,1-3H3. The maximum Gasteiger partial charge on any atom is 0.141 e. The lowest BCUT2D eigenvalue weighted by Gasteiger charge is -2.23. The highest BCUT2D eigenvalue weighted by Crippen LogP contribution is 2.19. The Hall–Kier alpha value is -0.960. The van der Waals surface area contributed by atoms with E-state index in [9.17, 15) is 4.39 Å². The molecule has 1 aromatic heterocycles. The molecule has 16 heavy (non-hydrogen) atoms. The molecule has 1 N–H and O–H groups in total. The second-order valence-corrected chi connectivity index (χ2v) is 4.16. The first-order valence-corrected chi connectivity index (χ1v) is 6.03. The normalized spacial score (nSPS) is 14.8. The van der Waals surface area contributed by atoms with Crippen LogP contribution in [0.1, 0.15) is 45.2 Å². The molecule has 0 radical (unpaired) electrons. The maximum atomic E-state index is 12.8. The predicted octanol–water partition coefficient (Wildman–Crippen LogP) is 3.10. The fourth-order valence-electron chi connectivity index (χ4n) is 1.87. The summed E-state index contributed by atoms with van der Waals surface area (Å²) in [6.07, 6.45) is 3.47. The molecule has 0 bridgehead atoms. The summed E-state index contributed by atoms with van der Waals surface area (Å²) in [5.41, 5.74) is 0.955. The third-order valence-corrected chi connectivity index (χ3v) is 2.92. The number of aromatic nitrogens is 1. The van der Waals surface area contributed by atoms with Crippen LogP contribution in [0.2, 0.25) is 0 Å². The molecule has 1 heterocycles. The van der Waals surface area contributed by atoms with E-state index in [-0.39, 0.29) is 5.82 Å². The quantitative estimate of drug-likeness (QED) is 0.803. The number of hydrogen-bond acceptors (Lipinski definition) is 2. The zero-order chi connectivity index (χ0) is 12.0. The van der Waals surface area contributed by atoms with Crippen LogP contribution in [0.3, 0.4) is 0 Å². The maximum absolute atomic E-state index is 12.8. The first-order valence-electron chi connectivity index (χ1n) is 6.03. The van der Waals surface area contributed by atoms with Crippen molar-refractivity contribution in [2.75, 3.05) is 6.54 Å². The summed E-state index contributed by atoms with van der Waals surface area (Å²) in [5, 5.41) is 3.50. The van der Waals surface area contributed by atoms with Gasteiger partial charge in [0.2, 0.25) is 0 Å². The van der Waals surface area contributed by atoms with Gasteiger partial charge in [-0.05, 0) is 31.5 Å². The van der Waals surface area contributed by atoms with Crippen molar-refractivity contribution in [2.24, 2.45) is 0 Å². The largest absolute Gasteiger partial charge is 0.313 e. The van der Waals surface area contributed by atoms with Crippen LogP contribution in [-0.4, -0.2) is 17.6 Å². The Bertz CT molecular complexity index is 297. The molecule has 1 aromatic rings. The molecule has 0 saturated carbocycles. The summed E-state index contributed by atoms with van der Waals surface area (Å²) in [6, 6.07) is 3.67. The average molecular weight is 224 g/mol. The highest BCUT2D eigenvalue weighted by molar-refractivity contribution is 5.12. The van der Waals surface area contributed by atoms with Gasteiger partial charge in [0.15, 0.2) is 0 Å². The van der Waals surface area contributed by atoms with Crippen molar-refractivity contribution < 1.29 is 4.39 Å². The topological polar surface area (TPSA) is 24.9 Å². The van der Waals surface area contributed by atoms with Gasteiger partial charge in [0.25, 0.3) is 0 Å². The molecule has 2 unspecified atom stereocenters. The molecule has 0 spiro atoms. The molecule has 0 aliphatic rings. The molecule has 0 fully saturated rings. The van der Waals surface area contributed by atoms with E-state index >= 15 is 0 Å². The Morgan fingerprint density at radius 1 is 1.38 bits per heavy atom. The zero-order valence-electron chi connectivity index (χ0n) is 10.3. The molecule has 0 aliphatic carbocycles. The number of nitrogens with zero attached hydrogens (tertiary/aromatic N) is 1. The molecule has 90 valence electrons. The Kier molecular flexibility index (Phi) is 5.39. The molecule has 1 rings (SSSR count). The molecular weight excluding hydrogens is 203 g/mol. The van der Waals surface area contributed by atoms with E-state index in [1.54, 1.807) is 6.07 Å². The van der Waals surface area contributed by atoms with Gasteiger partial charge in [-0.3, -0.25) is 4.98 Å². The van der Waals surface area contributed by atoms with Crippen LogP contribution in [0.25, 0.3) is 0 Å². The highest BCUT2D eigenvalue weighted by atomic mass is 19.1. The zero-order valence-corrected chi connectivity index (χ0v) is 10.3. The molecule has 0 amide bonds. The Morgan fingerprint density at radius 3 is 2.62 bits per heavy atom. The molecular formula is C13H21FN2. The highest BCUT2D eigenvalue weighted by Gasteiger charge is 2.17.